The Morgan fingerprint density at radius 1 is 0.274 bits per heavy atom. The van der Waals surface area contributed by atoms with Crippen molar-refractivity contribution < 1.29 is 0 Å². The van der Waals surface area contributed by atoms with Crippen molar-refractivity contribution in [2.75, 3.05) is 19.6 Å². The monoisotopic (exact) mass is 1210 g/mol. The maximum absolute atomic E-state index is 2.65. The van der Waals surface area contributed by atoms with Gasteiger partial charge in [0, 0.05) is 84.4 Å². The van der Waals surface area contributed by atoms with Gasteiger partial charge in [-0.05, 0) is 185 Å². The van der Waals surface area contributed by atoms with Crippen LogP contribution >= 0.6 is 0 Å². The van der Waals surface area contributed by atoms with Crippen molar-refractivity contribution in [1.29, 1.82) is 0 Å². The molecule has 0 fully saturated rings. The summed E-state index contributed by atoms with van der Waals surface area (Å²) in [6.45, 7) is 6.81. The van der Waals surface area contributed by atoms with Gasteiger partial charge in [0.05, 0.1) is 16.7 Å². The molecule has 0 radical (unpaired) electrons. The Kier molecular flexibility index (Phi) is 11.5. The van der Waals surface area contributed by atoms with Gasteiger partial charge in [-0.1, -0.05) is 233 Å². The molecule has 444 valence electrons. The first-order valence-corrected chi connectivity index (χ1v) is 33.3. The first kappa shape index (κ1) is 53.8. The second kappa shape index (κ2) is 20.4. The van der Waals surface area contributed by atoms with E-state index in [0.717, 1.165) is 51.0 Å². The summed E-state index contributed by atoms with van der Waals surface area (Å²) in [5, 5.41) is 9.88. The van der Waals surface area contributed by atoms with Crippen LogP contribution in [-0.4, -0.2) is 18.0 Å². The van der Waals surface area contributed by atoms with Crippen molar-refractivity contribution in [3.8, 4) is 16.8 Å². The molecule has 0 spiro atoms. The van der Waals surface area contributed by atoms with E-state index in [4.69, 9.17) is 0 Å². The second-order valence-electron chi connectivity index (χ2n) is 27.1. The summed E-state index contributed by atoms with van der Waals surface area (Å²) in [7, 11) is 0. The third-order valence-electron chi connectivity index (χ3n) is 21.0. The zero-order valence-electron chi connectivity index (χ0n) is 52.9. The van der Waals surface area contributed by atoms with E-state index in [9.17, 15) is 0 Å². The SMILES string of the molecule is CC(C)(C)c1cc2c3c(c1)N(c1ccccc1)c1cc4c(cc1B3c1ccccc1N2c1ccccc1)B1c2ccccc2N(c2ccccc2)c2cc(-n3c5ccc(-c6cccc7ccccc67)cc5c5c6ccccc6c6ccccc6c53)cc(c21)N4c1ccccc1. The van der Waals surface area contributed by atoms with Crippen LogP contribution in [0.25, 0.3) is 70.9 Å². The van der Waals surface area contributed by atoms with Crippen LogP contribution in [0.3, 0.4) is 0 Å². The third-order valence-corrected chi connectivity index (χ3v) is 21.0. The van der Waals surface area contributed by atoms with Crippen LogP contribution < -0.4 is 52.4 Å². The molecule has 4 aliphatic heterocycles. The van der Waals surface area contributed by atoms with Gasteiger partial charge in [0.25, 0.3) is 13.4 Å². The Balaban J connectivity index is 0.920. The number of rotatable bonds is 6. The van der Waals surface area contributed by atoms with Gasteiger partial charge in [0.15, 0.2) is 0 Å². The fourth-order valence-electron chi connectivity index (χ4n) is 16.9. The van der Waals surface area contributed by atoms with Crippen molar-refractivity contribution in [3.05, 3.63) is 321 Å². The molecule has 0 saturated heterocycles. The van der Waals surface area contributed by atoms with E-state index in [-0.39, 0.29) is 18.8 Å². The number of hydrogen-bond acceptors (Lipinski definition) is 4. The molecule has 0 saturated carbocycles. The largest absolute Gasteiger partial charge is 0.311 e. The lowest BCUT2D eigenvalue weighted by atomic mass is 9.30. The van der Waals surface area contributed by atoms with Crippen molar-refractivity contribution in [2.45, 2.75) is 26.2 Å². The summed E-state index contributed by atoms with van der Waals surface area (Å²) >= 11 is 0. The quantitative estimate of drug-likeness (QED) is 0.122. The Hall–Kier alpha value is -11.8. The minimum absolute atomic E-state index is 0.0964. The van der Waals surface area contributed by atoms with Crippen LogP contribution in [-0.2, 0) is 5.41 Å². The summed E-state index contributed by atoms with van der Waals surface area (Å²) in [4.78, 5) is 10.3. The van der Waals surface area contributed by atoms with Gasteiger partial charge in [-0.3, -0.25) is 0 Å². The van der Waals surface area contributed by atoms with Gasteiger partial charge >= 0.3 is 0 Å². The van der Waals surface area contributed by atoms with Crippen LogP contribution in [0.1, 0.15) is 26.3 Å². The highest BCUT2D eigenvalue weighted by atomic mass is 15.2. The van der Waals surface area contributed by atoms with Crippen LogP contribution in [0.15, 0.2) is 315 Å². The minimum atomic E-state index is -0.168. The number of anilines is 12. The topological polar surface area (TPSA) is 17.9 Å². The molecular weight excluding hydrogens is 1150 g/mol. The summed E-state index contributed by atoms with van der Waals surface area (Å²) in [6, 6.07) is 119. The summed E-state index contributed by atoms with van der Waals surface area (Å²) in [5.41, 5.74) is 28.6. The number of benzene rings is 15. The van der Waals surface area contributed by atoms with Gasteiger partial charge in [-0.15, -0.1) is 0 Å². The van der Waals surface area contributed by atoms with Crippen molar-refractivity contribution in [3.63, 3.8) is 0 Å². The smallest absolute Gasteiger partial charge is 0.252 e. The van der Waals surface area contributed by atoms with E-state index < -0.39 is 0 Å². The highest BCUT2D eigenvalue weighted by Crippen LogP contribution is 2.52. The molecule has 0 N–H and O–H groups in total. The minimum Gasteiger partial charge on any atom is -0.311 e. The summed E-state index contributed by atoms with van der Waals surface area (Å²) in [5.74, 6) is 0. The summed E-state index contributed by atoms with van der Waals surface area (Å²) < 4.78 is 2.62. The van der Waals surface area contributed by atoms with Gasteiger partial charge in [0.1, 0.15) is 0 Å². The fraction of sp³-hybridized carbons (Fsp3) is 0.0455. The predicted octanol–water partition coefficient (Wildman–Crippen LogP) is 19.4. The van der Waals surface area contributed by atoms with E-state index in [1.165, 1.54) is 127 Å². The molecule has 95 heavy (non-hydrogen) atoms. The maximum Gasteiger partial charge on any atom is 0.252 e. The second-order valence-corrected chi connectivity index (χ2v) is 27.1. The predicted molar refractivity (Wildman–Crippen MR) is 405 cm³/mol. The average molecular weight is 1210 g/mol. The lowest BCUT2D eigenvalue weighted by Crippen LogP contribution is -2.65. The van der Waals surface area contributed by atoms with E-state index in [1.807, 2.05) is 0 Å². The molecule has 0 amide bonds. The maximum atomic E-state index is 2.65. The van der Waals surface area contributed by atoms with E-state index in [0.29, 0.717) is 0 Å². The number of nitrogens with zero attached hydrogens (tertiary/aromatic N) is 5. The Bertz CT molecular complexity index is 5880. The number of hydrogen-bond donors (Lipinski definition) is 0. The highest BCUT2D eigenvalue weighted by molar-refractivity contribution is 7.03. The van der Waals surface area contributed by atoms with Crippen molar-refractivity contribution in [2.24, 2.45) is 0 Å². The lowest BCUT2D eigenvalue weighted by Gasteiger charge is -2.47. The molecule has 0 unspecified atom stereocenters. The molecule has 7 heteroatoms. The average Bonchev–Trinajstić information content (AvgIpc) is 1.24. The standard InChI is InChI=1S/C88H61B2N5/c1-88(2,3)58-50-80-85-81(51-58)93(61-33-12-6-13-34-61)78-55-79-74(54-73(78)89(85)71-43-22-24-45-76(71)91(80)59-29-8-4-9-30-59)90-72-44-23-25-46-77(72)92(60-31-10-5-11-32-60)82-52-63(53-83(86(82)90)94(79)62-35-14-7-15-36-62)95-75-48-47-57(65-42-26-28-56-27-16-17-37-64(56)65)49-70(75)84-68-40-20-18-38-66(68)67-39-19-21-41-69(67)87(84)95/h4-55H,1-3H3. The number of aromatic nitrogens is 1. The van der Waals surface area contributed by atoms with Gasteiger partial charge in [-0.25, -0.2) is 0 Å². The fourth-order valence-corrected chi connectivity index (χ4v) is 16.9. The Labute approximate surface area is 553 Å². The molecule has 0 bridgehead atoms. The lowest BCUT2D eigenvalue weighted by molar-refractivity contribution is 0.590. The first-order valence-electron chi connectivity index (χ1n) is 33.3. The van der Waals surface area contributed by atoms with E-state index >= 15 is 0 Å². The summed E-state index contributed by atoms with van der Waals surface area (Å²) in [6.07, 6.45) is 0. The van der Waals surface area contributed by atoms with Crippen LogP contribution in [0.2, 0.25) is 0 Å². The molecule has 5 nitrogen and oxygen atoms in total. The highest BCUT2D eigenvalue weighted by Gasteiger charge is 2.49. The normalized spacial score (nSPS) is 13.5. The van der Waals surface area contributed by atoms with Crippen molar-refractivity contribution in [1.82, 2.24) is 4.57 Å². The van der Waals surface area contributed by atoms with E-state index in [2.05, 4.69) is 360 Å². The van der Waals surface area contributed by atoms with E-state index in [1.54, 1.807) is 0 Å². The molecule has 0 atom stereocenters. The van der Waals surface area contributed by atoms with Crippen molar-refractivity contribution >= 4 is 169 Å². The zero-order valence-corrected chi connectivity index (χ0v) is 52.9. The van der Waals surface area contributed by atoms with Gasteiger partial charge < -0.3 is 24.2 Å². The molecule has 16 aromatic rings. The molecule has 0 aliphatic carbocycles. The third kappa shape index (κ3) is 7.81. The van der Waals surface area contributed by atoms with Gasteiger partial charge in [-0.2, -0.15) is 0 Å². The molecule has 4 aliphatic rings. The van der Waals surface area contributed by atoms with Crippen LogP contribution in [0.5, 0.6) is 0 Å². The molecule has 15 aromatic carbocycles. The number of fused-ring (bicyclic) bond motifs is 17. The number of para-hydroxylation sites is 6. The Morgan fingerprint density at radius 3 is 1.22 bits per heavy atom. The van der Waals surface area contributed by atoms with Crippen LogP contribution in [0, 0.1) is 0 Å². The molecule has 20 rings (SSSR count). The van der Waals surface area contributed by atoms with Crippen LogP contribution in [0.4, 0.5) is 68.2 Å². The zero-order chi connectivity index (χ0) is 62.8. The Morgan fingerprint density at radius 2 is 0.695 bits per heavy atom. The molecular formula is C88H61B2N5. The molecule has 5 heterocycles. The van der Waals surface area contributed by atoms with Gasteiger partial charge in [0.2, 0.25) is 0 Å². The molecule has 1 aromatic heterocycles. The first-order chi connectivity index (χ1) is 46.8.